The zero-order valence-corrected chi connectivity index (χ0v) is 10.4. The largest absolute Gasteiger partial charge is 0.455 e. The molecule has 0 radical (unpaired) electrons. The number of benzene rings is 1. The Morgan fingerprint density at radius 2 is 2.11 bits per heavy atom. The molecule has 2 aromatic rings. The van der Waals surface area contributed by atoms with Gasteiger partial charge in [0.15, 0.2) is 5.11 Å². The zero-order chi connectivity index (χ0) is 13.8. The minimum atomic E-state index is -0.569. The summed E-state index contributed by atoms with van der Waals surface area (Å²) in [5.74, 6) is -0.560. The number of furan rings is 1. The number of hydrazone groups is 1. The molecule has 7 heteroatoms. The first kappa shape index (κ1) is 13.2. The molecule has 0 amide bonds. The molecule has 0 bridgehead atoms. The third-order valence-electron chi connectivity index (χ3n) is 2.19. The molecule has 0 unspecified atom stereocenters. The number of thiocarbonyl (C=S) groups is 1. The number of hydrogen-bond acceptors (Lipinski definition) is 3. The Bertz CT molecular complexity index is 640. The van der Waals surface area contributed by atoms with Gasteiger partial charge in [-0.25, -0.2) is 8.78 Å². The van der Waals surface area contributed by atoms with Gasteiger partial charge in [0.05, 0.1) is 11.8 Å². The van der Waals surface area contributed by atoms with Crippen molar-refractivity contribution in [3.8, 4) is 11.3 Å². The van der Waals surface area contributed by atoms with Gasteiger partial charge in [0.1, 0.15) is 23.2 Å². The first-order valence-electron chi connectivity index (χ1n) is 5.20. The summed E-state index contributed by atoms with van der Waals surface area (Å²) in [6.45, 7) is 0. The highest BCUT2D eigenvalue weighted by Crippen LogP contribution is 2.25. The molecule has 0 aliphatic carbocycles. The van der Waals surface area contributed by atoms with E-state index in [0.29, 0.717) is 5.76 Å². The van der Waals surface area contributed by atoms with Crippen molar-refractivity contribution in [3.63, 3.8) is 0 Å². The molecule has 3 N–H and O–H groups in total. The van der Waals surface area contributed by atoms with Crippen molar-refractivity contribution in [2.75, 3.05) is 0 Å². The van der Waals surface area contributed by atoms with E-state index in [-0.39, 0.29) is 16.4 Å². The molecule has 0 saturated heterocycles. The molecule has 0 atom stereocenters. The fraction of sp³-hybridized carbons (Fsp3) is 0. The Kier molecular flexibility index (Phi) is 3.86. The van der Waals surface area contributed by atoms with Crippen LogP contribution in [0.5, 0.6) is 0 Å². The monoisotopic (exact) mass is 281 g/mol. The van der Waals surface area contributed by atoms with Crippen LogP contribution >= 0.6 is 12.2 Å². The molecule has 0 aliphatic heterocycles. The Morgan fingerprint density at radius 3 is 2.84 bits per heavy atom. The summed E-state index contributed by atoms with van der Waals surface area (Å²) in [4.78, 5) is 0. The molecule has 2 rings (SSSR count). The van der Waals surface area contributed by atoms with E-state index in [9.17, 15) is 8.78 Å². The van der Waals surface area contributed by atoms with Gasteiger partial charge in [0.25, 0.3) is 0 Å². The summed E-state index contributed by atoms with van der Waals surface area (Å²) in [6.07, 6.45) is 1.32. The molecule has 19 heavy (non-hydrogen) atoms. The molecule has 0 saturated carbocycles. The minimum absolute atomic E-state index is 0.0132. The molecular formula is C12H9F2N3OS. The molecule has 1 aromatic heterocycles. The fourth-order valence-corrected chi connectivity index (χ4v) is 1.47. The van der Waals surface area contributed by atoms with Crippen molar-refractivity contribution in [1.29, 1.82) is 0 Å². The van der Waals surface area contributed by atoms with E-state index in [2.05, 4.69) is 22.7 Å². The van der Waals surface area contributed by atoms with Crippen LogP contribution in [0.3, 0.4) is 0 Å². The lowest BCUT2D eigenvalue weighted by Crippen LogP contribution is -2.23. The molecule has 1 heterocycles. The van der Waals surface area contributed by atoms with Crippen molar-refractivity contribution >= 4 is 23.5 Å². The van der Waals surface area contributed by atoms with E-state index >= 15 is 0 Å². The Hall–Kier alpha value is -2.28. The van der Waals surface area contributed by atoms with Crippen molar-refractivity contribution in [3.05, 3.63) is 47.7 Å². The predicted molar refractivity (Wildman–Crippen MR) is 71.6 cm³/mol. The fourth-order valence-electron chi connectivity index (χ4n) is 1.41. The van der Waals surface area contributed by atoms with E-state index in [1.165, 1.54) is 12.3 Å². The normalized spacial score (nSPS) is 10.8. The van der Waals surface area contributed by atoms with Crippen LogP contribution in [0.15, 0.2) is 39.9 Å². The molecule has 0 fully saturated rings. The van der Waals surface area contributed by atoms with Crippen LogP contribution in [0.25, 0.3) is 11.3 Å². The van der Waals surface area contributed by atoms with Crippen LogP contribution in [-0.4, -0.2) is 11.3 Å². The number of nitrogens with one attached hydrogen (secondary N) is 1. The molecular weight excluding hydrogens is 272 g/mol. The van der Waals surface area contributed by atoms with Crippen LogP contribution in [-0.2, 0) is 0 Å². The summed E-state index contributed by atoms with van der Waals surface area (Å²) in [5.41, 5.74) is 7.57. The third-order valence-corrected chi connectivity index (χ3v) is 2.28. The van der Waals surface area contributed by atoms with Crippen molar-refractivity contribution in [2.45, 2.75) is 0 Å². The quantitative estimate of drug-likeness (QED) is 0.515. The minimum Gasteiger partial charge on any atom is -0.455 e. The summed E-state index contributed by atoms with van der Waals surface area (Å²) in [6, 6.07) is 6.21. The van der Waals surface area contributed by atoms with Gasteiger partial charge in [0, 0.05) is 0 Å². The van der Waals surface area contributed by atoms with Crippen LogP contribution in [0.4, 0.5) is 8.78 Å². The average Bonchev–Trinajstić information content (AvgIpc) is 2.80. The topological polar surface area (TPSA) is 63.5 Å². The average molecular weight is 281 g/mol. The molecule has 0 aliphatic rings. The summed E-state index contributed by atoms with van der Waals surface area (Å²) >= 11 is 4.56. The van der Waals surface area contributed by atoms with Crippen LogP contribution in [0.1, 0.15) is 5.76 Å². The van der Waals surface area contributed by atoms with Gasteiger partial charge in [-0.15, -0.1) is 0 Å². The highest BCUT2D eigenvalue weighted by Gasteiger charge is 2.10. The summed E-state index contributed by atoms with van der Waals surface area (Å²) in [7, 11) is 0. The van der Waals surface area contributed by atoms with E-state index in [0.717, 1.165) is 18.2 Å². The third kappa shape index (κ3) is 3.35. The van der Waals surface area contributed by atoms with E-state index in [1.807, 2.05) is 0 Å². The van der Waals surface area contributed by atoms with E-state index < -0.39 is 11.6 Å². The first-order chi connectivity index (χ1) is 9.06. The number of nitrogens with zero attached hydrogens (tertiary/aromatic N) is 1. The van der Waals surface area contributed by atoms with Crippen LogP contribution in [0.2, 0.25) is 0 Å². The van der Waals surface area contributed by atoms with Gasteiger partial charge in [-0.05, 0) is 42.5 Å². The van der Waals surface area contributed by atoms with E-state index in [4.69, 9.17) is 10.2 Å². The second-order valence-electron chi connectivity index (χ2n) is 3.56. The van der Waals surface area contributed by atoms with Gasteiger partial charge in [0.2, 0.25) is 0 Å². The number of rotatable bonds is 3. The standard InChI is InChI=1S/C12H9F2N3OS/c13-7-1-3-10(14)9(5-7)11-4-2-8(18-11)6-16-17-12(15)19/h1-6H,(H3,15,17,19). The Labute approximate surface area is 112 Å². The smallest absolute Gasteiger partial charge is 0.184 e. The molecule has 0 spiro atoms. The van der Waals surface area contributed by atoms with Gasteiger partial charge in [-0.2, -0.15) is 5.10 Å². The lowest BCUT2D eigenvalue weighted by molar-refractivity contribution is 0.558. The number of hydrogen-bond donors (Lipinski definition) is 2. The van der Waals surface area contributed by atoms with Gasteiger partial charge >= 0.3 is 0 Å². The first-order valence-corrected chi connectivity index (χ1v) is 5.61. The van der Waals surface area contributed by atoms with Gasteiger partial charge in [-0.1, -0.05) is 0 Å². The number of halogens is 2. The summed E-state index contributed by atoms with van der Waals surface area (Å²) < 4.78 is 31.9. The van der Waals surface area contributed by atoms with Crippen molar-refractivity contribution in [1.82, 2.24) is 5.43 Å². The van der Waals surface area contributed by atoms with Gasteiger partial charge < -0.3 is 10.2 Å². The maximum absolute atomic E-state index is 13.5. The molecule has 4 nitrogen and oxygen atoms in total. The lowest BCUT2D eigenvalue weighted by Gasteiger charge is -1.99. The summed E-state index contributed by atoms with van der Waals surface area (Å²) in [5, 5.41) is 3.70. The Balaban J connectivity index is 2.23. The maximum Gasteiger partial charge on any atom is 0.184 e. The lowest BCUT2D eigenvalue weighted by atomic mass is 10.1. The van der Waals surface area contributed by atoms with E-state index in [1.54, 1.807) is 6.07 Å². The second-order valence-corrected chi connectivity index (χ2v) is 4.00. The van der Waals surface area contributed by atoms with Crippen molar-refractivity contribution < 1.29 is 13.2 Å². The van der Waals surface area contributed by atoms with Crippen molar-refractivity contribution in [2.24, 2.45) is 10.8 Å². The van der Waals surface area contributed by atoms with Crippen LogP contribution in [0, 0.1) is 11.6 Å². The SMILES string of the molecule is NC(=S)NN=Cc1ccc(-c2cc(F)ccc2F)o1. The Morgan fingerprint density at radius 1 is 1.32 bits per heavy atom. The zero-order valence-electron chi connectivity index (χ0n) is 9.56. The predicted octanol–water partition coefficient (Wildman–Crippen LogP) is 2.39. The van der Waals surface area contributed by atoms with Crippen LogP contribution < -0.4 is 11.2 Å². The van der Waals surface area contributed by atoms with Gasteiger partial charge in [-0.3, -0.25) is 5.43 Å². The number of nitrogens with two attached hydrogens (primary N) is 1. The molecule has 98 valence electrons. The second kappa shape index (κ2) is 5.57. The maximum atomic E-state index is 13.5. The molecule has 1 aromatic carbocycles. The highest BCUT2D eigenvalue weighted by molar-refractivity contribution is 7.80. The highest BCUT2D eigenvalue weighted by atomic mass is 32.1.